The Morgan fingerprint density at radius 3 is 2.25 bits per heavy atom. The largest absolute Gasteiger partial charge is 0.288 e. The molecule has 1 aliphatic carbocycles. The number of carbonyl (C=O) groups is 1. The lowest BCUT2D eigenvalue weighted by molar-refractivity contribution is 0.103. The number of ketones is 1. The van der Waals surface area contributed by atoms with E-state index in [-0.39, 0.29) is 0 Å². The number of rotatable bonds is 2. The molecule has 0 spiro atoms. The normalized spacial score (nSPS) is 13.9. The molecule has 0 aromatic heterocycles. The van der Waals surface area contributed by atoms with Crippen LogP contribution in [0.2, 0.25) is 0 Å². The van der Waals surface area contributed by atoms with E-state index in [0.29, 0.717) is 5.56 Å². The summed E-state index contributed by atoms with van der Waals surface area (Å²) in [5.74, 6) is -2.21. The molecule has 0 unspecified atom stereocenters. The highest BCUT2D eigenvalue weighted by Gasteiger charge is 2.20. The molecule has 2 aromatic rings. The van der Waals surface area contributed by atoms with E-state index in [1.165, 1.54) is 11.6 Å². The van der Waals surface area contributed by atoms with Crippen molar-refractivity contribution in [2.75, 3.05) is 0 Å². The number of benzene rings is 2. The zero-order valence-electron chi connectivity index (χ0n) is 11.0. The van der Waals surface area contributed by atoms with Crippen LogP contribution in [0.4, 0.5) is 8.78 Å². The zero-order valence-corrected chi connectivity index (χ0v) is 11.0. The van der Waals surface area contributed by atoms with Crippen LogP contribution in [0, 0.1) is 11.6 Å². The summed E-state index contributed by atoms with van der Waals surface area (Å²) in [4.78, 5) is 12.3. The van der Waals surface area contributed by atoms with Crippen LogP contribution < -0.4 is 0 Å². The van der Waals surface area contributed by atoms with E-state index in [0.717, 1.165) is 43.4 Å². The third-order valence-electron chi connectivity index (χ3n) is 3.80. The Bertz CT molecular complexity index is 656. The molecule has 102 valence electrons. The van der Waals surface area contributed by atoms with E-state index in [4.69, 9.17) is 0 Å². The SMILES string of the molecule is O=C(c1ccc2c(c1)CCCC2)c1c(F)cccc1F. The van der Waals surface area contributed by atoms with Gasteiger partial charge in [-0.25, -0.2) is 8.78 Å². The molecule has 20 heavy (non-hydrogen) atoms. The van der Waals surface area contributed by atoms with Crippen molar-refractivity contribution >= 4 is 5.78 Å². The molecule has 1 aliphatic rings. The van der Waals surface area contributed by atoms with Gasteiger partial charge in [0.1, 0.15) is 11.6 Å². The number of hydrogen-bond acceptors (Lipinski definition) is 1. The molecule has 0 amide bonds. The Morgan fingerprint density at radius 2 is 1.55 bits per heavy atom. The van der Waals surface area contributed by atoms with Crippen molar-refractivity contribution < 1.29 is 13.6 Å². The highest BCUT2D eigenvalue weighted by molar-refractivity contribution is 6.09. The van der Waals surface area contributed by atoms with Gasteiger partial charge in [-0.15, -0.1) is 0 Å². The summed E-state index contributed by atoms with van der Waals surface area (Å²) < 4.78 is 27.3. The lowest BCUT2D eigenvalue weighted by Crippen LogP contribution is -2.10. The minimum Gasteiger partial charge on any atom is -0.288 e. The summed E-state index contributed by atoms with van der Waals surface area (Å²) in [7, 11) is 0. The Hall–Kier alpha value is -2.03. The van der Waals surface area contributed by atoms with Gasteiger partial charge in [-0.05, 0) is 55.0 Å². The van der Waals surface area contributed by atoms with Gasteiger partial charge < -0.3 is 0 Å². The standard InChI is InChI=1S/C17H14F2O/c18-14-6-3-7-15(19)16(14)17(20)13-9-8-11-4-1-2-5-12(11)10-13/h3,6-10H,1-2,4-5H2. The molecular formula is C17H14F2O. The summed E-state index contributed by atoms with van der Waals surface area (Å²) >= 11 is 0. The van der Waals surface area contributed by atoms with Gasteiger partial charge in [-0.2, -0.15) is 0 Å². The first-order valence-corrected chi connectivity index (χ1v) is 6.77. The van der Waals surface area contributed by atoms with Crippen molar-refractivity contribution in [2.24, 2.45) is 0 Å². The maximum atomic E-state index is 13.7. The lowest BCUT2D eigenvalue weighted by Gasteiger charge is -2.16. The summed E-state index contributed by atoms with van der Waals surface area (Å²) in [5.41, 5.74) is 2.25. The Labute approximate surface area is 116 Å². The molecule has 0 atom stereocenters. The molecule has 0 heterocycles. The highest BCUT2D eigenvalue weighted by Crippen LogP contribution is 2.24. The lowest BCUT2D eigenvalue weighted by atomic mass is 9.89. The van der Waals surface area contributed by atoms with Crippen molar-refractivity contribution in [1.82, 2.24) is 0 Å². The fourth-order valence-corrected chi connectivity index (χ4v) is 2.73. The van der Waals surface area contributed by atoms with E-state index < -0.39 is 23.0 Å². The maximum absolute atomic E-state index is 13.7. The number of fused-ring (bicyclic) bond motifs is 1. The molecule has 0 saturated carbocycles. The Kier molecular flexibility index (Phi) is 3.35. The molecule has 0 aliphatic heterocycles. The second-order valence-electron chi connectivity index (χ2n) is 5.12. The van der Waals surface area contributed by atoms with Crippen molar-refractivity contribution in [1.29, 1.82) is 0 Å². The molecule has 2 aromatic carbocycles. The molecule has 1 nitrogen and oxygen atoms in total. The molecule has 0 bridgehead atoms. The smallest absolute Gasteiger partial charge is 0.198 e. The van der Waals surface area contributed by atoms with E-state index in [1.807, 2.05) is 6.07 Å². The van der Waals surface area contributed by atoms with E-state index in [1.54, 1.807) is 12.1 Å². The van der Waals surface area contributed by atoms with Gasteiger partial charge in [0.25, 0.3) is 0 Å². The van der Waals surface area contributed by atoms with Gasteiger partial charge in [-0.3, -0.25) is 4.79 Å². The van der Waals surface area contributed by atoms with Crippen LogP contribution in [-0.2, 0) is 12.8 Å². The van der Waals surface area contributed by atoms with Crippen LogP contribution in [0.15, 0.2) is 36.4 Å². The minimum atomic E-state index is -0.812. The maximum Gasteiger partial charge on any atom is 0.198 e. The van der Waals surface area contributed by atoms with E-state index in [2.05, 4.69) is 0 Å². The van der Waals surface area contributed by atoms with Crippen molar-refractivity contribution in [3.8, 4) is 0 Å². The van der Waals surface area contributed by atoms with Gasteiger partial charge in [-0.1, -0.05) is 18.2 Å². The zero-order chi connectivity index (χ0) is 14.1. The van der Waals surface area contributed by atoms with Crippen LogP contribution in [0.1, 0.15) is 39.9 Å². The molecule has 0 saturated heterocycles. The molecule has 0 N–H and O–H groups in total. The fraction of sp³-hybridized carbons (Fsp3) is 0.235. The van der Waals surface area contributed by atoms with E-state index >= 15 is 0 Å². The highest BCUT2D eigenvalue weighted by atomic mass is 19.1. The first kappa shape index (κ1) is 13.0. The Morgan fingerprint density at radius 1 is 0.900 bits per heavy atom. The number of aryl methyl sites for hydroxylation is 2. The van der Waals surface area contributed by atoms with Gasteiger partial charge in [0.2, 0.25) is 0 Å². The van der Waals surface area contributed by atoms with Crippen LogP contribution in [-0.4, -0.2) is 5.78 Å². The molecule has 0 radical (unpaired) electrons. The predicted octanol–water partition coefficient (Wildman–Crippen LogP) is 4.07. The minimum absolute atomic E-state index is 0.356. The van der Waals surface area contributed by atoms with Gasteiger partial charge >= 0.3 is 0 Å². The first-order valence-electron chi connectivity index (χ1n) is 6.77. The van der Waals surface area contributed by atoms with Crippen LogP contribution in [0.5, 0.6) is 0 Å². The van der Waals surface area contributed by atoms with Crippen molar-refractivity contribution in [3.05, 3.63) is 70.3 Å². The summed E-state index contributed by atoms with van der Waals surface area (Å²) in [5, 5.41) is 0. The fourth-order valence-electron chi connectivity index (χ4n) is 2.73. The van der Waals surface area contributed by atoms with Gasteiger partial charge in [0, 0.05) is 5.56 Å². The Balaban J connectivity index is 2.03. The monoisotopic (exact) mass is 272 g/mol. The summed E-state index contributed by atoms with van der Waals surface area (Å²) in [6.45, 7) is 0. The third-order valence-corrected chi connectivity index (χ3v) is 3.80. The van der Waals surface area contributed by atoms with Gasteiger partial charge in [0.05, 0.1) is 5.56 Å². The quantitative estimate of drug-likeness (QED) is 0.753. The summed E-state index contributed by atoms with van der Waals surface area (Å²) in [6.07, 6.45) is 4.19. The second kappa shape index (κ2) is 5.16. The van der Waals surface area contributed by atoms with Crippen LogP contribution in [0.3, 0.4) is 0 Å². The second-order valence-corrected chi connectivity index (χ2v) is 5.12. The third kappa shape index (κ3) is 2.24. The average molecular weight is 272 g/mol. The number of halogens is 2. The van der Waals surface area contributed by atoms with Gasteiger partial charge in [0.15, 0.2) is 5.78 Å². The molecule has 3 heteroatoms. The van der Waals surface area contributed by atoms with Crippen LogP contribution >= 0.6 is 0 Å². The van der Waals surface area contributed by atoms with Crippen molar-refractivity contribution in [3.63, 3.8) is 0 Å². The molecule has 0 fully saturated rings. The molecular weight excluding hydrogens is 258 g/mol. The van der Waals surface area contributed by atoms with Crippen molar-refractivity contribution in [2.45, 2.75) is 25.7 Å². The summed E-state index contributed by atoms with van der Waals surface area (Å²) in [6, 6.07) is 8.82. The number of hydrogen-bond donors (Lipinski definition) is 0. The van der Waals surface area contributed by atoms with E-state index in [9.17, 15) is 13.6 Å². The first-order chi connectivity index (χ1) is 9.66. The average Bonchev–Trinajstić information content (AvgIpc) is 2.46. The number of carbonyl (C=O) groups excluding carboxylic acids is 1. The topological polar surface area (TPSA) is 17.1 Å². The van der Waals surface area contributed by atoms with Crippen LogP contribution in [0.25, 0.3) is 0 Å². The molecule has 3 rings (SSSR count). The predicted molar refractivity (Wildman–Crippen MR) is 72.9 cm³/mol.